The van der Waals surface area contributed by atoms with Crippen LogP contribution >= 0.6 is 12.4 Å². The molecule has 0 aromatic carbocycles. The minimum atomic E-state index is 0. The first-order chi connectivity index (χ1) is 8.11. The second-order valence-corrected chi connectivity index (χ2v) is 4.25. The number of halogens is 1. The van der Waals surface area contributed by atoms with Crippen LogP contribution in [0.25, 0.3) is 0 Å². The summed E-state index contributed by atoms with van der Waals surface area (Å²) in [5.74, 6) is 0. The van der Waals surface area contributed by atoms with Crippen LogP contribution in [0.3, 0.4) is 0 Å². The van der Waals surface area contributed by atoms with E-state index in [1.165, 1.54) is 11.3 Å². The van der Waals surface area contributed by atoms with Gasteiger partial charge in [0, 0.05) is 19.8 Å². The fourth-order valence-electron chi connectivity index (χ4n) is 1.96. The molecular weight excluding hydrogens is 250 g/mol. The lowest BCUT2D eigenvalue weighted by atomic mass is 10.2. The van der Waals surface area contributed by atoms with Crippen LogP contribution in [0.15, 0.2) is 12.4 Å². The lowest BCUT2D eigenvalue weighted by Gasteiger charge is -2.08. The van der Waals surface area contributed by atoms with Crippen molar-refractivity contribution in [2.45, 2.75) is 33.9 Å². The minimum absolute atomic E-state index is 0. The van der Waals surface area contributed by atoms with E-state index in [4.69, 9.17) is 0 Å². The van der Waals surface area contributed by atoms with Gasteiger partial charge in [-0.2, -0.15) is 10.2 Å². The Hall–Kier alpha value is -1.49. The molecule has 0 aliphatic rings. The molecule has 5 nitrogen and oxygen atoms in total. The maximum atomic E-state index is 4.33. The molecule has 0 amide bonds. The highest BCUT2D eigenvalue weighted by atomic mass is 35.5. The zero-order chi connectivity index (χ0) is 12.4. The molecule has 0 aliphatic carbocycles. The predicted molar refractivity (Wildman–Crippen MR) is 75.2 cm³/mol. The summed E-state index contributed by atoms with van der Waals surface area (Å²) < 4.78 is 3.84. The minimum Gasteiger partial charge on any atom is -0.377 e. The van der Waals surface area contributed by atoms with Crippen LogP contribution in [0, 0.1) is 13.8 Å². The van der Waals surface area contributed by atoms with Crippen molar-refractivity contribution in [1.82, 2.24) is 19.6 Å². The van der Waals surface area contributed by atoms with Gasteiger partial charge in [-0.05, 0) is 26.3 Å². The van der Waals surface area contributed by atoms with Crippen LogP contribution in [0.2, 0.25) is 0 Å². The van der Waals surface area contributed by atoms with Crippen molar-refractivity contribution >= 4 is 18.1 Å². The van der Waals surface area contributed by atoms with Crippen LogP contribution in [-0.4, -0.2) is 19.6 Å². The Bertz CT molecular complexity index is 515. The topological polar surface area (TPSA) is 47.7 Å². The van der Waals surface area contributed by atoms with Crippen molar-refractivity contribution < 1.29 is 0 Å². The molecule has 0 unspecified atom stereocenters. The van der Waals surface area contributed by atoms with Crippen molar-refractivity contribution in [3.05, 3.63) is 29.3 Å². The third kappa shape index (κ3) is 2.85. The molecule has 0 fully saturated rings. The van der Waals surface area contributed by atoms with E-state index in [1.807, 2.05) is 35.7 Å². The summed E-state index contributed by atoms with van der Waals surface area (Å²) in [4.78, 5) is 0. The van der Waals surface area contributed by atoms with Gasteiger partial charge in [0.2, 0.25) is 0 Å². The molecule has 0 saturated heterocycles. The van der Waals surface area contributed by atoms with Crippen LogP contribution in [0.5, 0.6) is 0 Å². The molecule has 1 N–H and O–H groups in total. The highest BCUT2D eigenvalue weighted by molar-refractivity contribution is 5.85. The van der Waals surface area contributed by atoms with E-state index in [0.29, 0.717) is 0 Å². The fourth-order valence-corrected chi connectivity index (χ4v) is 1.96. The van der Waals surface area contributed by atoms with Crippen LogP contribution in [-0.2, 0) is 20.1 Å². The Morgan fingerprint density at radius 1 is 1.33 bits per heavy atom. The summed E-state index contributed by atoms with van der Waals surface area (Å²) in [5.41, 5.74) is 4.56. The van der Waals surface area contributed by atoms with E-state index in [0.717, 1.165) is 24.5 Å². The van der Waals surface area contributed by atoms with Gasteiger partial charge in [-0.25, -0.2) is 0 Å². The number of aryl methyl sites for hydroxylation is 4. The molecule has 0 bridgehead atoms. The average Bonchev–Trinajstić information content (AvgIpc) is 2.79. The molecule has 2 heterocycles. The Morgan fingerprint density at radius 2 is 2.06 bits per heavy atom. The van der Waals surface area contributed by atoms with E-state index < -0.39 is 0 Å². The van der Waals surface area contributed by atoms with Crippen LogP contribution in [0.4, 0.5) is 5.69 Å². The Balaban J connectivity index is 0.00000162. The molecular formula is C12H20ClN5. The van der Waals surface area contributed by atoms with Gasteiger partial charge in [0.1, 0.15) is 0 Å². The highest BCUT2D eigenvalue weighted by Crippen LogP contribution is 2.14. The summed E-state index contributed by atoms with van der Waals surface area (Å²) >= 11 is 0. The molecule has 2 aromatic rings. The Morgan fingerprint density at radius 3 is 2.61 bits per heavy atom. The largest absolute Gasteiger partial charge is 0.377 e. The van der Waals surface area contributed by atoms with E-state index >= 15 is 0 Å². The maximum Gasteiger partial charge on any atom is 0.0825 e. The van der Waals surface area contributed by atoms with Crippen molar-refractivity contribution in [3.63, 3.8) is 0 Å². The highest BCUT2D eigenvalue weighted by Gasteiger charge is 2.07. The quantitative estimate of drug-likeness (QED) is 0.926. The monoisotopic (exact) mass is 269 g/mol. The van der Waals surface area contributed by atoms with Crippen LogP contribution < -0.4 is 5.32 Å². The smallest absolute Gasteiger partial charge is 0.0825 e. The molecule has 2 aromatic heterocycles. The average molecular weight is 270 g/mol. The molecule has 0 saturated carbocycles. The Kier molecular flexibility index (Phi) is 4.78. The fraction of sp³-hybridized carbons (Fsp3) is 0.500. The van der Waals surface area contributed by atoms with Gasteiger partial charge in [-0.3, -0.25) is 9.36 Å². The summed E-state index contributed by atoms with van der Waals surface area (Å²) in [6.45, 7) is 7.88. The number of rotatable bonds is 4. The Labute approximate surface area is 114 Å². The van der Waals surface area contributed by atoms with Crippen molar-refractivity contribution in [3.8, 4) is 0 Å². The van der Waals surface area contributed by atoms with Crippen molar-refractivity contribution in [1.29, 1.82) is 0 Å². The molecule has 0 spiro atoms. The van der Waals surface area contributed by atoms with Crippen molar-refractivity contribution in [2.75, 3.05) is 5.32 Å². The molecule has 0 radical (unpaired) electrons. The van der Waals surface area contributed by atoms with Gasteiger partial charge in [0.05, 0.1) is 29.8 Å². The van der Waals surface area contributed by atoms with Crippen LogP contribution in [0.1, 0.15) is 23.9 Å². The van der Waals surface area contributed by atoms with Gasteiger partial charge < -0.3 is 5.32 Å². The van der Waals surface area contributed by atoms with E-state index in [1.54, 1.807) is 0 Å². The third-order valence-electron chi connectivity index (χ3n) is 2.92. The van der Waals surface area contributed by atoms with Gasteiger partial charge in [-0.15, -0.1) is 12.4 Å². The lowest BCUT2D eigenvalue weighted by Crippen LogP contribution is -2.09. The molecule has 0 atom stereocenters. The second-order valence-electron chi connectivity index (χ2n) is 4.25. The van der Waals surface area contributed by atoms with Crippen molar-refractivity contribution in [2.24, 2.45) is 7.05 Å². The standard InChI is InChI=1S/C12H19N5.ClH/c1-5-17-12(9(2)6-14-17)7-13-11-8-16(4)15-10(11)3;/h6,8,13H,5,7H2,1-4H3;1H. The summed E-state index contributed by atoms with van der Waals surface area (Å²) in [5, 5.41) is 12.0. The first-order valence-electron chi connectivity index (χ1n) is 5.87. The van der Waals surface area contributed by atoms with E-state index in [-0.39, 0.29) is 12.4 Å². The van der Waals surface area contributed by atoms with Gasteiger partial charge in [0.15, 0.2) is 0 Å². The summed E-state index contributed by atoms with van der Waals surface area (Å²) in [6.07, 6.45) is 3.91. The van der Waals surface area contributed by atoms with E-state index in [2.05, 4.69) is 29.4 Å². The number of hydrogen-bond donors (Lipinski definition) is 1. The number of nitrogens with one attached hydrogen (secondary N) is 1. The molecule has 100 valence electrons. The molecule has 2 rings (SSSR count). The molecule has 6 heteroatoms. The SMILES string of the molecule is CCn1ncc(C)c1CNc1cn(C)nc1C.Cl. The lowest BCUT2D eigenvalue weighted by molar-refractivity contribution is 0.626. The summed E-state index contributed by atoms with van der Waals surface area (Å²) in [6, 6.07) is 0. The zero-order valence-corrected chi connectivity index (χ0v) is 12.1. The van der Waals surface area contributed by atoms with Gasteiger partial charge in [-0.1, -0.05) is 0 Å². The zero-order valence-electron chi connectivity index (χ0n) is 11.3. The molecule has 18 heavy (non-hydrogen) atoms. The second kappa shape index (κ2) is 5.91. The van der Waals surface area contributed by atoms with Gasteiger partial charge in [0.25, 0.3) is 0 Å². The van der Waals surface area contributed by atoms with E-state index in [9.17, 15) is 0 Å². The maximum absolute atomic E-state index is 4.33. The first-order valence-corrected chi connectivity index (χ1v) is 5.87. The molecule has 0 aliphatic heterocycles. The number of nitrogens with zero attached hydrogens (tertiary/aromatic N) is 4. The number of aromatic nitrogens is 4. The summed E-state index contributed by atoms with van der Waals surface area (Å²) in [7, 11) is 1.93. The first kappa shape index (κ1) is 14.6. The number of anilines is 1. The predicted octanol–water partition coefficient (Wildman–Crippen LogP) is 2.29. The normalized spacial score (nSPS) is 10.2. The van der Waals surface area contributed by atoms with Gasteiger partial charge >= 0.3 is 0 Å². The number of hydrogen-bond acceptors (Lipinski definition) is 3. The third-order valence-corrected chi connectivity index (χ3v) is 2.92.